The Bertz CT molecular complexity index is 297. The van der Waals surface area contributed by atoms with Crippen LogP contribution in [0.4, 0.5) is 4.39 Å². The van der Waals surface area contributed by atoms with Gasteiger partial charge in [0.1, 0.15) is 11.6 Å². The molecule has 0 saturated carbocycles. The Balaban J connectivity index is 3.28. The Kier molecular flexibility index (Phi) is 2.33. The maximum atomic E-state index is 12.8. The summed E-state index contributed by atoms with van der Waals surface area (Å²) < 4.78 is 12.8. The third kappa shape index (κ3) is 1.56. The minimum absolute atomic E-state index is 0.0893. The molecule has 0 heterocycles. The van der Waals surface area contributed by atoms with Crippen molar-refractivity contribution in [1.82, 2.24) is 0 Å². The lowest BCUT2D eigenvalue weighted by atomic mass is 10.0. The number of aryl methyl sites for hydroxylation is 1. The molecule has 0 aliphatic rings. The fraction of sp³-hybridized carbons (Fsp3) is 0.333. The van der Waals surface area contributed by atoms with Gasteiger partial charge >= 0.3 is 0 Å². The highest BCUT2D eigenvalue weighted by molar-refractivity contribution is 5.41. The highest BCUT2D eigenvalue weighted by Gasteiger charge is 2.09. The summed E-state index contributed by atoms with van der Waals surface area (Å²) in [6, 6.07) is 2.19. The third-order valence-electron chi connectivity index (χ3n) is 1.79. The van der Waals surface area contributed by atoms with Crippen LogP contribution in [0.2, 0.25) is 0 Å². The van der Waals surface area contributed by atoms with E-state index in [2.05, 4.69) is 0 Å². The summed E-state index contributed by atoms with van der Waals surface area (Å²) in [4.78, 5) is 0. The first kappa shape index (κ1) is 9.00. The first-order valence-corrected chi connectivity index (χ1v) is 3.77. The molecule has 0 unspecified atom stereocenters. The van der Waals surface area contributed by atoms with Crippen molar-refractivity contribution in [3.8, 4) is 5.75 Å². The van der Waals surface area contributed by atoms with Crippen LogP contribution in [-0.4, -0.2) is 5.11 Å². The van der Waals surface area contributed by atoms with Gasteiger partial charge in [0.15, 0.2) is 0 Å². The molecule has 12 heavy (non-hydrogen) atoms. The van der Waals surface area contributed by atoms with Crippen LogP contribution in [0.25, 0.3) is 0 Å². The number of halogens is 1. The van der Waals surface area contributed by atoms with Crippen molar-refractivity contribution in [2.75, 3.05) is 0 Å². The summed E-state index contributed by atoms with van der Waals surface area (Å²) in [5.74, 6) is -0.274. The van der Waals surface area contributed by atoms with E-state index in [1.807, 2.05) is 0 Å². The van der Waals surface area contributed by atoms with Gasteiger partial charge in [-0.05, 0) is 31.5 Å². The molecule has 1 rings (SSSR count). The Labute approximate surface area is 70.8 Å². The van der Waals surface area contributed by atoms with Crippen molar-refractivity contribution in [3.63, 3.8) is 0 Å². The molecule has 0 spiro atoms. The van der Waals surface area contributed by atoms with E-state index in [9.17, 15) is 9.50 Å². The van der Waals surface area contributed by atoms with Gasteiger partial charge < -0.3 is 10.8 Å². The fourth-order valence-electron chi connectivity index (χ4n) is 1.11. The van der Waals surface area contributed by atoms with Gasteiger partial charge in [-0.1, -0.05) is 0 Å². The zero-order valence-corrected chi connectivity index (χ0v) is 7.13. The second-order valence-electron chi connectivity index (χ2n) is 2.95. The van der Waals surface area contributed by atoms with Gasteiger partial charge in [-0.15, -0.1) is 0 Å². The molecule has 0 aliphatic heterocycles. The number of nitrogens with two attached hydrogens (primary N) is 1. The molecule has 1 aromatic rings. The zero-order valence-electron chi connectivity index (χ0n) is 7.13. The van der Waals surface area contributed by atoms with Crippen molar-refractivity contribution in [3.05, 3.63) is 29.1 Å². The van der Waals surface area contributed by atoms with Crippen molar-refractivity contribution < 1.29 is 9.50 Å². The molecule has 0 radical (unpaired) electrons. The van der Waals surface area contributed by atoms with Crippen molar-refractivity contribution in [2.24, 2.45) is 5.73 Å². The number of benzene rings is 1. The summed E-state index contributed by atoms with van der Waals surface area (Å²) >= 11 is 0. The standard InChI is InChI=1S/C9H12FNO/c1-5-3-7(10)4-8(6(2)11)9(5)12/h3-4,6,12H,11H2,1-2H3/t6-/m0/s1. The molecule has 2 nitrogen and oxygen atoms in total. The van der Waals surface area contributed by atoms with Crippen molar-refractivity contribution in [2.45, 2.75) is 19.9 Å². The number of rotatable bonds is 1. The molecule has 3 N–H and O–H groups in total. The minimum Gasteiger partial charge on any atom is -0.507 e. The first-order valence-electron chi connectivity index (χ1n) is 3.77. The Morgan fingerprint density at radius 2 is 2.08 bits per heavy atom. The summed E-state index contributed by atoms with van der Waals surface area (Å²) in [7, 11) is 0. The highest BCUT2D eigenvalue weighted by atomic mass is 19.1. The molecular formula is C9H12FNO. The first-order chi connectivity index (χ1) is 5.52. The molecule has 0 aromatic heterocycles. The molecule has 0 amide bonds. The predicted octanol–water partition coefficient (Wildman–Crippen LogP) is 1.86. The lowest BCUT2D eigenvalue weighted by Gasteiger charge is -2.10. The minimum atomic E-state index is -0.363. The Morgan fingerprint density at radius 3 is 2.58 bits per heavy atom. The normalized spacial score (nSPS) is 13.0. The van der Waals surface area contributed by atoms with E-state index in [0.717, 1.165) is 0 Å². The summed E-state index contributed by atoms with van der Waals surface area (Å²) in [5, 5.41) is 9.45. The van der Waals surface area contributed by atoms with Gasteiger partial charge in [-0.2, -0.15) is 0 Å². The van der Waals surface area contributed by atoms with Crippen molar-refractivity contribution in [1.29, 1.82) is 0 Å². The van der Waals surface area contributed by atoms with Gasteiger partial charge in [0.2, 0.25) is 0 Å². The second kappa shape index (κ2) is 3.11. The molecule has 0 bridgehead atoms. The summed E-state index contributed by atoms with van der Waals surface area (Å²) in [5.41, 5.74) is 6.49. The molecule has 0 aliphatic carbocycles. The largest absolute Gasteiger partial charge is 0.507 e. The van der Waals surface area contributed by atoms with Crippen LogP contribution in [0.15, 0.2) is 12.1 Å². The quantitative estimate of drug-likeness (QED) is 0.674. The number of phenolic OH excluding ortho intramolecular Hbond substituents is 1. The van der Waals surface area contributed by atoms with Crippen LogP contribution >= 0.6 is 0 Å². The maximum Gasteiger partial charge on any atom is 0.124 e. The van der Waals surface area contributed by atoms with Crippen LogP contribution in [0.5, 0.6) is 5.75 Å². The molecule has 0 fully saturated rings. The monoisotopic (exact) mass is 169 g/mol. The average Bonchev–Trinajstić information content (AvgIpc) is 1.96. The summed E-state index contributed by atoms with van der Waals surface area (Å²) in [6.45, 7) is 3.35. The highest BCUT2D eigenvalue weighted by Crippen LogP contribution is 2.27. The predicted molar refractivity (Wildman–Crippen MR) is 45.4 cm³/mol. The molecular weight excluding hydrogens is 157 g/mol. The molecule has 0 saturated heterocycles. The van der Waals surface area contributed by atoms with Crippen LogP contribution in [0.1, 0.15) is 24.1 Å². The van der Waals surface area contributed by atoms with E-state index in [1.165, 1.54) is 12.1 Å². The van der Waals surface area contributed by atoms with E-state index < -0.39 is 0 Å². The van der Waals surface area contributed by atoms with Gasteiger partial charge in [0.05, 0.1) is 0 Å². The van der Waals surface area contributed by atoms with Crippen LogP contribution in [0, 0.1) is 12.7 Å². The Morgan fingerprint density at radius 1 is 1.50 bits per heavy atom. The second-order valence-corrected chi connectivity index (χ2v) is 2.95. The zero-order chi connectivity index (χ0) is 9.30. The lowest BCUT2D eigenvalue weighted by molar-refractivity contribution is 0.456. The number of hydrogen-bond donors (Lipinski definition) is 2. The van der Waals surface area contributed by atoms with E-state index >= 15 is 0 Å². The SMILES string of the molecule is Cc1cc(F)cc([C@H](C)N)c1O. The van der Waals surface area contributed by atoms with Gasteiger partial charge in [-0.3, -0.25) is 0 Å². The number of aromatic hydroxyl groups is 1. The van der Waals surface area contributed by atoms with Gasteiger partial charge in [0, 0.05) is 11.6 Å². The number of phenols is 1. The molecule has 1 atom stereocenters. The topological polar surface area (TPSA) is 46.2 Å². The van der Waals surface area contributed by atoms with Crippen LogP contribution < -0.4 is 5.73 Å². The smallest absolute Gasteiger partial charge is 0.124 e. The van der Waals surface area contributed by atoms with E-state index in [4.69, 9.17) is 5.73 Å². The molecule has 1 aromatic carbocycles. The Hall–Kier alpha value is -1.09. The fourth-order valence-corrected chi connectivity index (χ4v) is 1.11. The number of hydrogen-bond acceptors (Lipinski definition) is 2. The van der Waals surface area contributed by atoms with Crippen LogP contribution in [0.3, 0.4) is 0 Å². The molecule has 3 heteroatoms. The lowest BCUT2D eigenvalue weighted by Crippen LogP contribution is -2.06. The van der Waals surface area contributed by atoms with Gasteiger partial charge in [0.25, 0.3) is 0 Å². The van der Waals surface area contributed by atoms with E-state index in [1.54, 1.807) is 13.8 Å². The maximum absolute atomic E-state index is 12.8. The third-order valence-corrected chi connectivity index (χ3v) is 1.79. The summed E-state index contributed by atoms with van der Waals surface area (Å²) in [6.07, 6.45) is 0. The van der Waals surface area contributed by atoms with E-state index in [-0.39, 0.29) is 17.6 Å². The molecule has 66 valence electrons. The van der Waals surface area contributed by atoms with Gasteiger partial charge in [-0.25, -0.2) is 4.39 Å². The van der Waals surface area contributed by atoms with E-state index in [0.29, 0.717) is 11.1 Å². The van der Waals surface area contributed by atoms with Crippen LogP contribution in [-0.2, 0) is 0 Å². The van der Waals surface area contributed by atoms with Crippen molar-refractivity contribution >= 4 is 0 Å². The average molecular weight is 169 g/mol.